The monoisotopic (exact) mass is 299 g/mol. The van der Waals surface area contributed by atoms with Crippen molar-refractivity contribution in [3.05, 3.63) is 11.9 Å². The van der Waals surface area contributed by atoms with Crippen molar-refractivity contribution in [2.45, 2.75) is 17.9 Å². The third kappa shape index (κ3) is 1.91. The molecular formula is C11H14FN5O4. The maximum Gasteiger partial charge on any atom is 0.262 e. The predicted octanol–water partition coefficient (Wildman–Crippen LogP) is -1.37. The number of aliphatic hydroxyl groups is 2. The standard InChI is InChI=1S/C11H14FN5O4/c1-20-9-8-14-2-6(17(8)16-10(13)15-9)11(12)4-21-5(3-18)7(11)19/h2,5,7,18-19H,3-4H2,1H3,(H2,13,16)/t5-,7-,11+/m1/s1. The van der Waals surface area contributed by atoms with Crippen LogP contribution in [0.4, 0.5) is 10.3 Å². The number of hydrogen-bond acceptors (Lipinski definition) is 8. The molecule has 0 bridgehead atoms. The van der Waals surface area contributed by atoms with Gasteiger partial charge in [0.25, 0.3) is 5.88 Å². The quantitative estimate of drug-likeness (QED) is 0.633. The van der Waals surface area contributed by atoms with Crippen molar-refractivity contribution in [1.82, 2.24) is 19.6 Å². The molecule has 0 aliphatic carbocycles. The predicted molar refractivity (Wildman–Crippen MR) is 67.4 cm³/mol. The number of hydrogen-bond donors (Lipinski definition) is 3. The van der Waals surface area contributed by atoms with Gasteiger partial charge in [0.1, 0.15) is 17.9 Å². The van der Waals surface area contributed by atoms with Crippen LogP contribution in [0.25, 0.3) is 5.65 Å². The van der Waals surface area contributed by atoms with Gasteiger partial charge in [0.05, 0.1) is 26.5 Å². The second kappa shape index (κ2) is 4.76. The average Bonchev–Trinajstić information content (AvgIpc) is 3.01. The fraction of sp³-hybridized carbons (Fsp3) is 0.545. The second-order valence-electron chi connectivity index (χ2n) is 4.70. The summed E-state index contributed by atoms with van der Waals surface area (Å²) >= 11 is 0. The van der Waals surface area contributed by atoms with Gasteiger partial charge in [0.2, 0.25) is 17.3 Å². The van der Waals surface area contributed by atoms with E-state index in [0.29, 0.717) is 0 Å². The van der Waals surface area contributed by atoms with E-state index in [1.54, 1.807) is 0 Å². The van der Waals surface area contributed by atoms with Gasteiger partial charge in [-0.25, -0.2) is 13.9 Å². The number of nitrogens with zero attached hydrogens (tertiary/aromatic N) is 4. The number of halogens is 1. The van der Waals surface area contributed by atoms with E-state index in [9.17, 15) is 5.11 Å². The van der Waals surface area contributed by atoms with Crippen LogP contribution in [0.15, 0.2) is 6.20 Å². The largest absolute Gasteiger partial charge is 0.478 e. The van der Waals surface area contributed by atoms with Gasteiger partial charge in [-0.15, -0.1) is 5.10 Å². The molecule has 0 radical (unpaired) electrons. The fourth-order valence-electron chi connectivity index (χ4n) is 2.37. The van der Waals surface area contributed by atoms with Gasteiger partial charge in [-0.05, 0) is 0 Å². The Morgan fingerprint density at radius 3 is 3.05 bits per heavy atom. The molecule has 1 fully saturated rings. The smallest absolute Gasteiger partial charge is 0.262 e. The number of ether oxygens (including phenoxy) is 2. The molecule has 3 rings (SSSR count). The van der Waals surface area contributed by atoms with Crippen molar-refractivity contribution in [3.63, 3.8) is 0 Å². The molecule has 9 nitrogen and oxygen atoms in total. The molecule has 0 saturated carbocycles. The number of alkyl halides is 1. The molecule has 4 N–H and O–H groups in total. The van der Waals surface area contributed by atoms with Crippen LogP contribution in [-0.4, -0.2) is 62.3 Å². The van der Waals surface area contributed by atoms with Crippen molar-refractivity contribution in [2.75, 3.05) is 26.1 Å². The van der Waals surface area contributed by atoms with Crippen LogP contribution in [0, 0.1) is 0 Å². The Kier molecular flexibility index (Phi) is 3.15. The zero-order chi connectivity index (χ0) is 15.2. The summed E-state index contributed by atoms with van der Waals surface area (Å²) in [6.07, 6.45) is -1.36. The molecule has 1 aliphatic heterocycles. The topological polar surface area (TPSA) is 128 Å². The number of nitrogens with two attached hydrogens (primary N) is 1. The van der Waals surface area contributed by atoms with Crippen LogP contribution in [0.3, 0.4) is 0 Å². The molecule has 21 heavy (non-hydrogen) atoms. The summed E-state index contributed by atoms with van der Waals surface area (Å²) in [7, 11) is 1.37. The molecule has 2 aromatic heterocycles. The SMILES string of the molecule is COc1nc(N)nn2c([C@@]3(F)CO[C@H](CO)[C@H]3O)cnc12. The molecule has 3 atom stereocenters. The molecule has 1 aliphatic rings. The number of nitrogen functional groups attached to an aromatic ring is 1. The summed E-state index contributed by atoms with van der Waals surface area (Å²) in [5.74, 6) is -0.0428. The number of rotatable bonds is 3. The minimum Gasteiger partial charge on any atom is -0.478 e. The summed E-state index contributed by atoms with van der Waals surface area (Å²) in [6.45, 7) is -0.927. The van der Waals surface area contributed by atoms with Crippen LogP contribution in [0.5, 0.6) is 5.88 Å². The second-order valence-corrected chi connectivity index (χ2v) is 4.70. The van der Waals surface area contributed by atoms with E-state index in [4.69, 9.17) is 20.3 Å². The first-order chi connectivity index (χ1) is 10.0. The lowest BCUT2D eigenvalue weighted by Gasteiger charge is -2.22. The van der Waals surface area contributed by atoms with Crippen LogP contribution in [0.1, 0.15) is 5.69 Å². The molecule has 10 heteroatoms. The number of anilines is 1. The minimum atomic E-state index is -2.27. The van der Waals surface area contributed by atoms with Gasteiger partial charge in [-0.1, -0.05) is 0 Å². The normalized spacial score (nSPS) is 29.1. The van der Waals surface area contributed by atoms with Crippen molar-refractivity contribution in [3.8, 4) is 5.88 Å². The zero-order valence-corrected chi connectivity index (χ0v) is 11.1. The van der Waals surface area contributed by atoms with Crippen molar-refractivity contribution < 1.29 is 24.1 Å². The highest BCUT2D eigenvalue weighted by atomic mass is 19.1. The van der Waals surface area contributed by atoms with Crippen molar-refractivity contribution in [2.24, 2.45) is 0 Å². The lowest BCUT2D eigenvalue weighted by atomic mass is 9.95. The number of aliphatic hydroxyl groups excluding tert-OH is 2. The summed E-state index contributed by atoms with van der Waals surface area (Å²) in [4.78, 5) is 7.83. The minimum absolute atomic E-state index is 0.0478. The van der Waals surface area contributed by atoms with Gasteiger partial charge in [-0.2, -0.15) is 4.98 Å². The van der Waals surface area contributed by atoms with E-state index < -0.39 is 31.1 Å². The molecule has 0 spiro atoms. The average molecular weight is 299 g/mol. The summed E-state index contributed by atoms with van der Waals surface area (Å²) in [6, 6.07) is 0. The Morgan fingerprint density at radius 2 is 2.43 bits per heavy atom. The van der Waals surface area contributed by atoms with E-state index in [0.717, 1.165) is 4.52 Å². The summed E-state index contributed by atoms with van der Waals surface area (Å²) in [5, 5.41) is 23.0. The highest BCUT2D eigenvalue weighted by Crippen LogP contribution is 2.38. The lowest BCUT2D eigenvalue weighted by Crippen LogP contribution is -2.39. The lowest BCUT2D eigenvalue weighted by molar-refractivity contribution is -0.0168. The van der Waals surface area contributed by atoms with Gasteiger partial charge >= 0.3 is 0 Å². The summed E-state index contributed by atoms with van der Waals surface area (Å²) < 4.78 is 26.3. The molecule has 1 saturated heterocycles. The zero-order valence-electron chi connectivity index (χ0n) is 11.1. The van der Waals surface area contributed by atoms with Crippen LogP contribution >= 0.6 is 0 Å². The van der Waals surface area contributed by atoms with Crippen LogP contribution < -0.4 is 10.5 Å². The Balaban J connectivity index is 2.15. The molecule has 0 amide bonds. The van der Waals surface area contributed by atoms with Crippen LogP contribution in [-0.2, 0) is 10.4 Å². The molecule has 2 aromatic rings. The maximum absolute atomic E-state index is 15.1. The van der Waals surface area contributed by atoms with E-state index in [2.05, 4.69) is 15.1 Å². The van der Waals surface area contributed by atoms with Crippen LogP contribution in [0.2, 0.25) is 0 Å². The number of aromatic nitrogens is 4. The fourth-order valence-corrected chi connectivity index (χ4v) is 2.37. The third-order valence-electron chi connectivity index (χ3n) is 3.48. The highest BCUT2D eigenvalue weighted by Gasteiger charge is 2.53. The molecule has 0 unspecified atom stereocenters. The summed E-state index contributed by atoms with van der Waals surface area (Å²) in [5.41, 5.74) is 3.40. The molecule has 0 aromatic carbocycles. The van der Waals surface area contributed by atoms with Crippen molar-refractivity contribution in [1.29, 1.82) is 0 Å². The Bertz CT molecular complexity index is 680. The van der Waals surface area contributed by atoms with Gasteiger partial charge in [-0.3, -0.25) is 0 Å². The molecule has 3 heterocycles. The first kappa shape index (κ1) is 13.9. The first-order valence-electron chi connectivity index (χ1n) is 6.16. The van der Waals surface area contributed by atoms with Gasteiger partial charge < -0.3 is 25.4 Å². The molecule has 114 valence electrons. The van der Waals surface area contributed by atoms with E-state index in [1.165, 1.54) is 13.3 Å². The molecular weight excluding hydrogens is 285 g/mol. The van der Waals surface area contributed by atoms with Gasteiger partial charge in [0.15, 0.2) is 0 Å². The number of fused-ring (bicyclic) bond motifs is 1. The third-order valence-corrected chi connectivity index (χ3v) is 3.48. The number of methoxy groups -OCH3 is 1. The van der Waals surface area contributed by atoms with Gasteiger partial charge in [0, 0.05) is 0 Å². The Labute approximate surface area is 118 Å². The highest BCUT2D eigenvalue weighted by molar-refractivity contribution is 5.52. The van der Waals surface area contributed by atoms with E-state index in [1.807, 2.05) is 0 Å². The number of imidazole rings is 1. The Morgan fingerprint density at radius 1 is 1.67 bits per heavy atom. The maximum atomic E-state index is 15.1. The van der Waals surface area contributed by atoms with Crippen molar-refractivity contribution >= 4 is 11.6 Å². The van der Waals surface area contributed by atoms with E-state index >= 15 is 4.39 Å². The first-order valence-corrected chi connectivity index (χ1v) is 6.16. The Hall–Kier alpha value is -2.04. The van der Waals surface area contributed by atoms with E-state index in [-0.39, 0.29) is 23.2 Å².